The van der Waals surface area contributed by atoms with Crippen molar-refractivity contribution >= 4 is 27.7 Å². The summed E-state index contributed by atoms with van der Waals surface area (Å²) in [6.45, 7) is 5.05. The van der Waals surface area contributed by atoms with Gasteiger partial charge < -0.3 is 4.74 Å². The van der Waals surface area contributed by atoms with E-state index in [0.29, 0.717) is 18.4 Å². The van der Waals surface area contributed by atoms with E-state index >= 15 is 0 Å². The van der Waals surface area contributed by atoms with E-state index in [1.165, 1.54) is 0 Å². The maximum Gasteiger partial charge on any atom is 0.235 e. The minimum atomic E-state index is 0.234. The van der Waals surface area contributed by atoms with E-state index < -0.39 is 0 Å². The van der Waals surface area contributed by atoms with Crippen LogP contribution in [0.2, 0.25) is 0 Å². The Morgan fingerprint density at radius 2 is 1.91 bits per heavy atom. The minimum Gasteiger partial charge on any atom is -0.474 e. The van der Waals surface area contributed by atoms with Gasteiger partial charge in [-0.2, -0.15) is 0 Å². The molecule has 3 heterocycles. The van der Waals surface area contributed by atoms with Gasteiger partial charge in [-0.05, 0) is 18.1 Å². The highest BCUT2D eigenvalue weighted by Gasteiger charge is 2.25. The summed E-state index contributed by atoms with van der Waals surface area (Å²) in [5.41, 5.74) is 2.62. The van der Waals surface area contributed by atoms with Gasteiger partial charge in [0.25, 0.3) is 0 Å². The molecule has 116 valence electrons. The molecule has 0 saturated carbocycles. The number of fused-ring (bicyclic) bond motifs is 3. The van der Waals surface area contributed by atoms with Crippen molar-refractivity contribution in [2.75, 3.05) is 6.61 Å². The van der Waals surface area contributed by atoms with Crippen LogP contribution in [0.25, 0.3) is 21.8 Å². The molecule has 0 fully saturated rings. The number of ether oxygens (including phenoxy) is 1. The van der Waals surface area contributed by atoms with E-state index in [2.05, 4.69) is 43.1 Å². The molecule has 4 nitrogen and oxygen atoms in total. The van der Waals surface area contributed by atoms with Gasteiger partial charge in [-0.25, -0.2) is 9.98 Å². The highest BCUT2D eigenvalue weighted by Crippen LogP contribution is 2.24. The second-order valence-corrected chi connectivity index (χ2v) is 6.11. The first-order chi connectivity index (χ1) is 11.3. The first-order valence-electron chi connectivity index (χ1n) is 8.11. The van der Waals surface area contributed by atoms with Gasteiger partial charge in [0.2, 0.25) is 5.90 Å². The number of aromatic nitrogens is 2. The summed E-state index contributed by atoms with van der Waals surface area (Å²) in [5, 5.41) is 2.17. The van der Waals surface area contributed by atoms with Crippen LogP contribution in [-0.2, 0) is 4.74 Å². The van der Waals surface area contributed by atoms with E-state index in [1.54, 1.807) is 6.20 Å². The Morgan fingerprint density at radius 1 is 1.13 bits per heavy atom. The summed E-state index contributed by atoms with van der Waals surface area (Å²) >= 11 is 0. The standard InChI is InChI=1S/C19H19N3O/c1-3-12(2)16-11-23-19(22-16)15-9-8-14-7-6-13-5-4-10-20-17(13)18(14)21-15/h4-10,12,16H,3,11H2,1-2H3/t12?,16-/m1/s1. The molecule has 4 heteroatoms. The van der Waals surface area contributed by atoms with E-state index in [-0.39, 0.29) is 6.04 Å². The van der Waals surface area contributed by atoms with Gasteiger partial charge in [0.1, 0.15) is 12.3 Å². The monoisotopic (exact) mass is 305 g/mol. The summed E-state index contributed by atoms with van der Waals surface area (Å²) in [6.07, 6.45) is 2.91. The first-order valence-corrected chi connectivity index (χ1v) is 8.11. The molecular formula is C19H19N3O. The maximum absolute atomic E-state index is 5.80. The molecule has 0 aliphatic carbocycles. The highest BCUT2D eigenvalue weighted by atomic mass is 16.5. The van der Waals surface area contributed by atoms with Gasteiger partial charge in [0, 0.05) is 17.0 Å². The molecule has 3 aromatic rings. The molecule has 1 aromatic carbocycles. The second-order valence-electron chi connectivity index (χ2n) is 6.11. The molecule has 0 bridgehead atoms. The zero-order valence-electron chi connectivity index (χ0n) is 13.4. The fourth-order valence-corrected chi connectivity index (χ4v) is 2.94. The van der Waals surface area contributed by atoms with Crippen LogP contribution in [0.5, 0.6) is 0 Å². The topological polar surface area (TPSA) is 47.4 Å². The number of rotatable bonds is 3. The zero-order chi connectivity index (χ0) is 15.8. The lowest BCUT2D eigenvalue weighted by Crippen LogP contribution is -2.16. The molecule has 0 radical (unpaired) electrons. The average molecular weight is 305 g/mol. The van der Waals surface area contributed by atoms with Crippen molar-refractivity contribution in [1.82, 2.24) is 9.97 Å². The molecule has 1 unspecified atom stereocenters. The lowest BCUT2D eigenvalue weighted by atomic mass is 10.0. The maximum atomic E-state index is 5.80. The van der Waals surface area contributed by atoms with Crippen LogP contribution in [0.3, 0.4) is 0 Å². The molecule has 0 spiro atoms. The van der Waals surface area contributed by atoms with Gasteiger partial charge in [0.05, 0.1) is 17.1 Å². The average Bonchev–Trinajstić information content (AvgIpc) is 3.10. The Bertz CT molecular complexity index is 903. The van der Waals surface area contributed by atoms with Crippen molar-refractivity contribution in [3.63, 3.8) is 0 Å². The van der Waals surface area contributed by atoms with Crippen LogP contribution in [-0.4, -0.2) is 28.5 Å². The molecule has 1 aliphatic heterocycles. The molecule has 4 rings (SSSR count). The van der Waals surface area contributed by atoms with Crippen LogP contribution in [0.15, 0.2) is 47.6 Å². The number of nitrogens with zero attached hydrogens (tertiary/aromatic N) is 3. The lowest BCUT2D eigenvalue weighted by molar-refractivity contribution is 0.282. The van der Waals surface area contributed by atoms with E-state index in [9.17, 15) is 0 Å². The normalized spacial score (nSPS) is 18.9. The van der Waals surface area contributed by atoms with Crippen molar-refractivity contribution in [3.8, 4) is 0 Å². The van der Waals surface area contributed by atoms with E-state index in [4.69, 9.17) is 14.7 Å². The number of pyridine rings is 2. The van der Waals surface area contributed by atoms with Crippen molar-refractivity contribution in [3.05, 3.63) is 48.3 Å². The van der Waals surface area contributed by atoms with Crippen LogP contribution >= 0.6 is 0 Å². The predicted octanol–water partition coefficient (Wildman–Crippen LogP) is 3.97. The lowest BCUT2D eigenvalue weighted by Gasteiger charge is -2.11. The fourth-order valence-electron chi connectivity index (χ4n) is 2.94. The van der Waals surface area contributed by atoms with Crippen molar-refractivity contribution in [2.45, 2.75) is 26.3 Å². The SMILES string of the molecule is CCC(C)[C@H]1COC(c2ccc3ccc4cccnc4c3n2)=N1. The Balaban J connectivity index is 1.81. The number of benzene rings is 1. The van der Waals surface area contributed by atoms with Crippen molar-refractivity contribution in [1.29, 1.82) is 0 Å². The third-order valence-corrected chi connectivity index (χ3v) is 4.63. The van der Waals surface area contributed by atoms with Gasteiger partial charge >= 0.3 is 0 Å². The van der Waals surface area contributed by atoms with Gasteiger partial charge in [-0.3, -0.25) is 4.98 Å². The zero-order valence-corrected chi connectivity index (χ0v) is 13.4. The Hall–Kier alpha value is -2.49. The molecule has 0 N–H and O–H groups in total. The molecule has 23 heavy (non-hydrogen) atoms. The third kappa shape index (κ3) is 2.44. The van der Waals surface area contributed by atoms with Crippen LogP contribution in [0.1, 0.15) is 26.0 Å². The second kappa shape index (κ2) is 5.61. The highest BCUT2D eigenvalue weighted by molar-refractivity contribution is 6.04. The number of aliphatic imine (C=N–C) groups is 1. The smallest absolute Gasteiger partial charge is 0.235 e. The number of hydrogen-bond donors (Lipinski definition) is 0. The van der Waals surface area contributed by atoms with E-state index in [1.807, 2.05) is 12.1 Å². The summed E-state index contributed by atoms with van der Waals surface area (Å²) < 4.78 is 5.80. The van der Waals surface area contributed by atoms with Gasteiger partial charge in [0.15, 0.2) is 0 Å². The molecule has 0 saturated heterocycles. The molecule has 2 aromatic heterocycles. The van der Waals surface area contributed by atoms with Gasteiger partial charge in [-0.15, -0.1) is 0 Å². The first kappa shape index (κ1) is 14.1. The molecule has 2 atom stereocenters. The van der Waals surface area contributed by atoms with Crippen molar-refractivity contribution < 1.29 is 4.74 Å². The summed E-state index contributed by atoms with van der Waals surface area (Å²) in [4.78, 5) is 14.0. The summed E-state index contributed by atoms with van der Waals surface area (Å²) in [7, 11) is 0. The largest absolute Gasteiger partial charge is 0.474 e. The van der Waals surface area contributed by atoms with Crippen molar-refractivity contribution in [2.24, 2.45) is 10.9 Å². The van der Waals surface area contributed by atoms with Crippen LogP contribution < -0.4 is 0 Å². The Labute approximate surface area is 135 Å². The van der Waals surface area contributed by atoms with Gasteiger partial charge in [-0.1, -0.05) is 44.5 Å². The molecule has 0 amide bonds. The quantitative estimate of drug-likeness (QED) is 0.688. The summed E-state index contributed by atoms with van der Waals surface area (Å²) in [5.74, 6) is 1.18. The van der Waals surface area contributed by atoms with Crippen LogP contribution in [0.4, 0.5) is 0 Å². The minimum absolute atomic E-state index is 0.234. The Morgan fingerprint density at radius 3 is 2.74 bits per heavy atom. The van der Waals surface area contributed by atoms with E-state index in [0.717, 1.165) is 33.9 Å². The molecular weight excluding hydrogens is 286 g/mol. The molecule has 1 aliphatic rings. The number of hydrogen-bond acceptors (Lipinski definition) is 4. The third-order valence-electron chi connectivity index (χ3n) is 4.63. The fraction of sp³-hybridized carbons (Fsp3) is 0.316. The Kier molecular flexibility index (Phi) is 3.45. The predicted molar refractivity (Wildman–Crippen MR) is 92.8 cm³/mol. The summed E-state index contributed by atoms with van der Waals surface area (Å²) in [6, 6.07) is 12.4. The van der Waals surface area contributed by atoms with Crippen LogP contribution in [0, 0.1) is 5.92 Å².